The predicted octanol–water partition coefficient (Wildman–Crippen LogP) is 0.430. The lowest BCUT2D eigenvalue weighted by Crippen LogP contribution is -2.52. The number of aromatic nitrogens is 2. The molecule has 0 bridgehead atoms. The summed E-state index contributed by atoms with van der Waals surface area (Å²) in [4.78, 5) is 27.6. The zero-order valence-corrected chi connectivity index (χ0v) is 12.5. The first-order valence-electron chi connectivity index (χ1n) is 7.93. The van der Waals surface area contributed by atoms with Crippen LogP contribution in [0.1, 0.15) is 25.3 Å². The highest BCUT2D eigenvalue weighted by atomic mass is 16.5. The first kappa shape index (κ1) is 13.8. The van der Waals surface area contributed by atoms with Crippen LogP contribution in [0.15, 0.2) is 12.4 Å². The summed E-state index contributed by atoms with van der Waals surface area (Å²) in [6.07, 6.45) is 6.05. The van der Waals surface area contributed by atoms with Crippen LogP contribution in [0.5, 0.6) is 0 Å². The molecule has 1 atom stereocenters. The third-order valence-electron chi connectivity index (χ3n) is 4.80. The third-order valence-corrected chi connectivity index (χ3v) is 4.80. The normalized spacial score (nSPS) is 25.8. The minimum Gasteiger partial charge on any atom is -0.381 e. The molecule has 118 valence electrons. The molecule has 3 saturated heterocycles. The molecule has 7 nitrogen and oxygen atoms in total. The van der Waals surface area contributed by atoms with Gasteiger partial charge in [0.15, 0.2) is 0 Å². The van der Waals surface area contributed by atoms with Gasteiger partial charge in [0.1, 0.15) is 0 Å². The van der Waals surface area contributed by atoms with Crippen LogP contribution in [0, 0.1) is 5.92 Å². The first-order valence-corrected chi connectivity index (χ1v) is 7.93. The fraction of sp³-hybridized carbons (Fsp3) is 0.667. The molecule has 3 fully saturated rings. The second kappa shape index (κ2) is 5.39. The van der Waals surface area contributed by atoms with Crippen molar-refractivity contribution in [3.05, 3.63) is 12.4 Å². The maximum Gasteiger partial charge on any atom is 0.228 e. The minimum atomic E-state index is 0.0383. The van der Waals surface area contributed by atoms with E-state index in [-0.39, 0.29) is 23.8 Å². The van der Waals surface area contributed by atoms with Gasteiger partial charge in [0.25, 0.3) is 0 Å². The van der Waals surface area contributed by atoms with Gasteiger partial charge in [0.05, 0.1) is 30.5 Å². The molecule has 4 rings (SSSR count). The van der Waals surface area contributed by atoms with Gasteiger partial charge in [-0.25, -0.2) is 0 Å². The molecule has 0 radical (unpaired) electrons. The molecular weight excluding hydrogens is 284 g/mol. The van der Waals surface area contributed by atoms with Crippen molar-refractivity contribution in [3.8, 4) is 0 Å². The van der Waals surface area contributed by atoms with Gasteiger partial charge in [0.2, 0.25) is 11.8 Å². The summed E-state index contributed by atoms with van der Waals surface area (Å²) in [5.74, 6) is 0.415. The van der Waals surface area contributed by atoms with Gasteiger partial charge < -0.3 is 14.5 Å². The Morgan fingerprint density at radius 2 is 2.23 bits per heavy atom. The fourth-order valence-corrected chi connectivity index (χ4v) is 3.38. The van der Waals surface area contributed by atoms with Gasteiger partial charge in [-0.15, -0.1) is 0 Å². The molecule has 1 unspecified atom stereocenters. The van der Waals surface area contributed by atoms with Crippen molar-refractivity contribution in [3.63, 3.8) is 0 Å². The third kappa shape index (κ3) is 2.29. The quantitative estimate of drug-likeness (QED) is 0.812. The number of rotatable bonds is 3. The van der Waals surface area contributed by atoms with Crippen LogP contribution in [0.4, 0.5) is 5.69 Å². The highest BCUT2D eigenvalue weighted by Crippen LogP contribution is 2.27. The molecular formula is C15H20N4O3. The van der Waals surface area contributed by atoms with E-state index in [9.17, 15) is 9.59 Å². The summed E-state index contributed by atoms with van der Waals surface area (Å²) in [7, 11) is 0. The van der Waals surface area contributed by atoms with Gasteiger partial charge in [-0.2, -0.15) is 5.10 Å². The smallest absolute Gasteiger partial charge is 0.228 e. The number of ether oxygens (including phenoxy) is 1. The van der Waals surface area contributed by atoms with E-state index >= 15 is 0 Å². The van der Waals surface area contributed by atoms with Crippen molar-refractivity contribution in [2.75, 3.05) is 37.7 Å². The minimum absolute atomic E-state index is 0.0383. The van der Waals surface area contributed by atoms with Crippen molar-refractivity contribution in [2.24, 2.45) is 5.92 Å². The van der Waals surface area contributed by atoms with Crippen molar-refractivity contribution in [2.45, 2.75) is 25.3 Å². The lowest BCUT2D eigenvalue weighted by Gasteiger charge is -2.40. The lowest BCUT2D eigenvalue weighted by molar-refractivity contribution is -0.141. The van der Waals surface area contributed by atoms with E-state index in [0.29, 0.717) is 32.7 Å². The van der Waals surface area contributed by atoms with Gasteiger partial charge in [-0.1, -0.05) is 0 Å². The lowest BCUT2D eigenvalue weighted by atomic mass is 10.0. The zero-order valence-electron chi connectivity index (χ0n) is 12.5. The van der Waals surface area contributed by atoms with Gasteiger partial charge in [-0.3, -0.25) is 14.3 Å². The fourth-order valence-electron chi connectivity index (χ4n) is 3.38. The summed E-state index contributed by atoms with van der Waals surface area (Å²) >= 11 is 0. The molecule has 7 heteroatoms. The summed E-state index contributed by atoms with van der Waals surface area (Å²) in [6.45, 7) is 3.43. The largest absolute Gasteiger partial charge is 0.381 e. The molecule has 0 aromatic carbocycles. The van der Waals surface area contributed by atoms with E-state index < -0.39 is 0 Å². The van der Waals surface area contributed by atoms with Crippen LogP contribution in [-0.2, 0) is 14.3 Å². The van der Waals surface area contributed by atoms with E-state index in [0.717, 1.165) is 25.1 Å². The number of carbonyl (C=O) groups is 2. The van der Waals surface area contributed by atoms with E-state index in [4.69, 9.17) is 4.74 Å². The van der Waals surface area contributed by atoms with E-state index in [1.165, 1.54) is 0 Å². The predicted molar refractivity (Wildman–Crippen MR) is 78.4 cm³/mol. The number of hydrogen-bond acceptors (Lipinski definition) is 4. The summed E-state index contributed by atoms with van der Waals surface area (Å²) < 4.78 is 7.16. The molecule has 0 aliphatic carbocycles. The summed E-state index contributed by atoms with van der Waals surface area (Å²) in [6, 6.07) is 0.220. The molecule has 3 aliphatic rings. The Hall–Kier alpha value is -1.89. The van der Waals surface area contributed by atoms with Gasteiger partial charge >= 0.3 is 0 Å². The number of carbonyl (C=O) groups excluding carboxylic acids is 2. The number of anilines is 1. The topological polar surface area (TPSA) is 67.7 Å². The van der Waals surface area contributed by atoms with E-state index in [2.05, 4.69) is 5.10 Å². The molecule has 3 aliphatic heterocycles. The standard InChI is InChI=1S/C15H20N4O3/c20-14-2-1-4-18(14)12-6-16-19(9-12)13-7-17(8-13)15(21)11-3-5-22-10-11/h6,9,11,13H,1-5,7-8,10H2. The summed E-state index contributed by atoms with van der Waals surface area (Å²) in [5, 5.41) is 4.37. The molecule has 2 amide bonds. The van der Waals surface area contributed by atoms with Crippen LogP contribution in [-0.4, -0.2) is 59.3 Å². The Balaban J connectivity index is 1.36. The molecule has 1 aromatic rings. The van der Waals surface area contributed by atoms with Crippen LogP contribution in [0.3, 0.4) is 0 Å². The van der Waals surface area contributed by atoms with Gasteiger partial charge in [-0.05, 0) is 12.8 Å². The van der Waals surface area contributed by atoms with E-state index in [1.807, 2.05) is 15.8 Å². The molecule has 0 spiro atoms. The number of likely N-dealkylation sites (tertiary alicyclic amines) is 1. The van der Waals surface area contributed by atoms with E-state index in [1.54, 1.807) is 11.1 Å². The maximum atomic E-state index is 12.2. The van der Waals surface area contributed by atoms with Gasteiger partial charge in [0, 0.05) is 38.9 Å². The van der Waals surface area contributed by atoms with Crippen LogP contribution >= 0.6 is 0 Å². The SMILES string of the molecule is O=C(C1CCOC1)N1CC(n2cc(N3CCCC3=O)cn2)C1. The highest BCUT2D eigenvalue weighted by molar-refractivity contribution is 5.95. The Bertz CT molecular complexity index is 587. The molecule has 22 heavy (non-hydrogen) atoms. The molecule has 4 heterocycles. The Kier molecular flexibility index (Phi) is 3.37. The first-order chi connectivity index (χ1) is 10.7. The average molecular weight is 304 g/mol. The number of hydrogen-bond donors (Lipinski definition) is 0. The molecule has 0 saturated carbocycles. The Morgan fingerprint density at radius 3 is 2.91 bits per heavy atom. The average Bonchev–Trinajstić information content (AvgIpc) is 3.16. The summed E-state index contributed by atoms with van der Waals surface area (Å²) in [5.41, 5.74) is 0.872. The number of amides is 2. The van der Waals surface area contributed by atoms with Crippen molar-refractivity contribution >= 4 is 17.5 Å². The van der Waals surface area contributed by atoms with Crippen molar-refractivity contribution in [1.82, 2.24) is 14.7 Å². The van der Waals surface area contributed by atoms with Crippen LogP contribution in [0.2, 0.25) is 0 Å². The second-order valence-electron chi connectivity index (χ2n) is 6.29. The maximum absolute atomic E-state index is 12.2. The second-order valence-corrected chi connectivity index (χ2v) is 6.29. The zero-order chi connectivity index (χ0) is 15.1. The van der Waals surface area contributed by atoms with Crippen LogP contribution in [0.25, 0.3) is 0 Å². The van der Waals surface area contributed by atoms with Crippen molar-refractivity contribution in [1.29, 1.82) is 0 Å². The molecule has 0 N–H and O–H groups in total. The number of nitrogens with zero attached hydrogens (tertiary/aromatic N) is 4. The van der Waals surface area contributed by atoms with Crippen LogP contribution < -0.4 is 4.90 Å². The Labute approximate surface area is 128 Å². The highest BCUT2D eigenvalue weighted by Gasteiger charge is 2.37. The Morgan fingerprint density at radius 1 is 1.36 bits per heavy atom. The van der Waals surface area contributed by atoms with Crippen molar-refractivity contribution < 1.29 is 14.3 Å². The molecule has 1 aromatic heterocycles. The monoisotopic (exact) mass is 304 g/mol.